The third-order valence-corrected chi connectivity index (χ3v) is 4.62. The Morgan fingerprint density at radius 2 is 2.08 bits per heavy atom. The van der Waals surface area contributed by atoms with Crippen LogP contribution in [0.5, 0.6) is 0 Å². The number of aliphatic carboxylic acids is 1. The van der Waals surface area contributed by atoms with Gasteiger partial charge in [-0.1, -0.05) is 0 Å². The molecule has 2 aliphatic carbocycles. The first-order valence-corrected chi connectivity index (χ1v) is 5.78. The predicted molar refractivity (Wildman–Crippen MR) is 49.3 cm³/mol. The largest absolute Gasteiger partial charge is 0.481 e. The molecular formula is C9H14O2S. The van der Waals surface area contributed by atoms with Crippen LogP contribution in [-0.4, -0.2) is 22.6 Å². The molecule has 3 heteroatoms. The van der Waals surface area contributed by atoms with Gasteiger partial charge < -0.3 is 5.11 Å². The van der Waals surface area contributed by atoms with Gasteiger partial charge in [-0.25, -0.2) is 0 Å². The lowest BCUT2D eigenvalue weighted by atomic mass is 9.88. The molecule has 2 nitrogen and oxygen atoms in total. The Labute approximate surface area is 76.7 Å². The van der Waals surface area contributed by atoms with E-state index in [1.54, 1.807) is 11.8 Å². The molecule has 2 rings (SSSR count). The van der Waals surface area contributed by atoms with Crippen molar-refractivity contribution in [1.29, 1.82) is 0 Å². The predicted octanol–water partition coefficient (Wildman–Crippen LogP) is 1.85. The number of fused-ring (bicyclic) bond motifs is 2. The van der Waals surface area contributed by atoms with Gasteiger partial charge in [-0.15, -0.1) is 0 Å². The Balaban J connectivity index is 2.16. The molecule has 0 aromatic heterocycles. The molecule has 2 bridgehead atoms. The summed E-state index contributed by atoms with van der Waals surface area (Å²) in [6.07, 6.45) is 5.63. The topological polar surface area (TPSA) is 37.3 Å². The van der Waals surface area contributed by atoms with E-state index < -0.39 is 5.97 Å². The Kier molecular flexibility index (Phi) is 2.07. The first kappa shape index (κ1) is 8.42. The van der Waals surface area contributed by atoms with Crippen molar-refractivity contribution in [3.63, 3.8) is 0 Å². The molecular weight excluding hydrogens is 172 g/mol. The van der Waals surface area contributed by atoms with Crippen molar-refractivity contribution < 1.29 is 9.90 Å². The molecule has 68 valence electrons. The van der Waals surface area contributed by atoms with Crippen LogP contribution in [0.1, 0.15) is 19.3 Å². The van der Waals surface area contributed by atoms with E-state index >= 15 is 0 Å². The zero-order chi connectivity index (χ0) is 8.72. The molecule has 2 saturated carbocycles. The van der Waals surface area contributed by atoms with E-state index in [9.17, 15) is 4.79 Å². The average molecular weight is 186 g/mol. The van der Waals surface area contributed by atoms with E-state index in [4.69, 9.17) is 5.11 Å². The maximum Gasteiger partial charge on any atom is 0.307 e. The number of thioether (sulfide) groups is 1. The molecule has 0 aromatic carbocycles. The quantitative estimate of drug-likeness (QED) is 0.715. The molecule has 0 spiro atoms. The second-order valence-electron chi connectivity index (χ2n) is 3.90. The summed E-state index contributed by atoms with van der Waals surface area (Å²) in [5.41, 5.74) is 0. The maximum atomic E-state index is 10.9. The fraction of sp³-hybridized carbons (Fsp3) is 0.889. The Bertz CT molecular complexity index is 205. The number of rotatable bonds is 2. The van der Waals surface area contributed by atoms with Gasteiger partial charge >= 0.3 is 5.97 Å². The van der Waals surface area contributed by atoms with Crippen molar-refractivity contribution in [3.8, 4) is 0 Å². The molecule has 0 amide bonds. The second kappa shape index (κ2) is 2.95. The van der Waals surface area contributed by atoms with Gasteiger partial charge in [0.05, 0.1) is 5.92 Å². The van der Waals surface area contributed by atoms with Crippen molar-refractivity contribution in [2.75, 3.05) is 6.26 Å². The van der Waals surface area contributed by atoms with Crippen molar-refractivity contribution in [3.05, 3.63) is 0 Å². The summed E-state index contributed by atoms with van der Waals surface area (Å²) in [6, 6.07) is 0. The van der Waals surface area contributed by atoms with Crippen molar-refractivity contribution >= 4 is 17.7 Å². The van der Waals surface area contributed by atoms with E-state index in [0.717, 1.165) is 6.42 Å². The van der Waals surface area contributed by atoms with Crippen LogP contribution in [0.2, 0.25) is 0 Å². The highest BCUT2D eigenvalue weighted by atomic mass is 32.2. The van der Waals surface area contributed by atoms with Crippen molar-refractivity contribution in [2.45, 2.75) is 24.5 Å². The van der Waals surface area contributed by atoms with E-state index in [1.165, 1.54) is 12.8 Å². The van der Waals surface area contributed by atoms with Crippen LogP contribution in [-0.2, 0) is 4.79 Å². The third-order valence-electron chi connectivity index (χ3n) is 3.40. The smallest absolute Gasteiger partial charge is 0.307 e. The summed E-state index contributed by atoms with van der Waals surface area (Å²) < 4.78 is 0. The molecule has 12 heavy (non-hydrogen) atoms. The van der Waals surface area contributed by atoms with E-state index in [2.05, 4.69) is 0 Å². The fourth-order valence-electron chi connectivity index (χ4n) is 2.92. The van der Waals surface area contributed by atoms with Gasteiger partial charge in [0, 0.05) is 5.25 Å². The van der Waals surface area contributed by atoms with Gasteiger partial charge in [-0.05, 0) is 37.4 Å². The summed E-state index contributed by atoms with van der Waals surface area (Å²) in [5.74, 6) is 0.580. The average Bonchev–Trinajstić information content (AvgIpc) is 2.60. The molecule has 2 fully saturated rings. The molecule has 0 aliphatic heterocycles. The first-order valence-electron chi connectivity index (χ1n) is 4.49. The Hall–Kier alpha value is -0.180. The minimum atomic E-state index is -0.568. The summed E-state index contributed by atoms with van der Waals surface area (Å²) in [4.78, 5) is 10.9. The first-order chi connectivity index (χ1) is 5.74. The van der Waals surface area contributed by atoms with Crippen LogP contribution in [0.15, 0.2) is 0 Å². The molecule has 0 radical (unpaired) electrons. The monoisotopic (exact) mass is 186 g/mol. The SMILES string of the molecule is CSC1C2CCC(C2)C1C(=O)O. The minimum absolute atomic E-state index is 0.0428. The van der Waals surface area contributed by atoms with Crippen LogP contribution >= 0.6 is 11.8 Å². The van der Waals surface area contributed by atoms with Gasteiger partial charge in [0.15, 0.2) is 0 Å². The molecule has 0 aromatic rings. The van der Waals surface area contributed by atoms with Crippen LogP contribution in [0.25, 0.3) is 0 Å². The maximum absolute atomic E-state index is 10.9. The number of carbonyl (C=O) groups is 1. The summed E-state index contributed by atoms with van der Waals surface area (Å²) in [6.45, 7) is 0. The van der Waals surface area contributed by atoms with E-state index in [-0.39, 0.29) is 5.92 Å². The van der Waals surface area contributed by atoms with Gasteiger partial charge in [-0.2, -0.15) is 11.8 Å². The lowest BCUT2D eigenvalue weighted by molar-refractivity contribution is -0.143. The molecule has 1 N–H and O–H groups in total. The van der Waals surface area contributed by atoms with Crippen LogP contribution in [0, 0.1) is 17.8 Å². The Morgan fingerprint density at radius 3 is 2.58 bits per heavy atom. The van der Waals surface area contributed by atoms with Gasteiger partial charge in [0.25, 0.3) is 0 Å². The fourth-order valence-corrected chi connectivity index (χ4v) is 4.18. The Morgan fingerprint density at radius 1 is 1.42 bits per heavy atom. The van der Waals surface area contributed by atoms with E-state index in [1.807, 2.05) is 6.26 Å². The molecule has 4 atom stereocenters. The highest BCUT2D eigenvalue weighted by Gasteiger charge is 2.50. The molecule has 0 saturated heterocycles. The number of hydrogen-bond donors (Lipinski definition) is 1. The standard InChI is InChI=1S/C9H14O2S/c1-12-8-6-3-2-5(4-6)7(8)9(10)11/h5-8H,2-4H2,1H3,(H,10,11). The van der Waals surface area contributed by atoms with Gasteiger partial charge in [0.2, 0.25) is 0 Å². The zero-order valence-electron chi connectivity index (χ0n) is 7.19. The lowest BCUT2D eigenvalue weighted by Crippen LogP contribution is -2.31. The van der Waals surface area contributed by atoms with Crippen LogP contribution in [0.3, 0.4) is 0 Å². The van der Waals surface area contributed by atoms with E-state index in [0.29, 0.717) is 17.1 Å². The summed E-state index contributed by atoms with van der Waals surface area (Å²) in [5, 5.41) is 9.43. The molecule has 2 aliphatic rings. The zero-order valence-corrected chi connectivity index (χ0v) is 8.01. The van der Waals surface area contributed by atoms with Crippen molar-refractivity contribution in [1.82, 2.24) is 0 Å². The number of carboxylic acid groups (broad SMARTS) is 1. The van der Waals surface area contributed by atoms with Crippen LogP contribution in [0.4, 0.5) is 0 Å². The summed E-state index contributed by atoms with van der Waals surface area (Å²) in [7, 11) is 0. The molecule has 0 heterocycles. The highest BCUT2D eigenvalue weighted by molar-refractivity contribution is 7.99. The molecule has 4 unspecified atom stereocenters. The van der Waals surface area contributed by atoms with Gasteiger partial charge in [-0.3, -0.25) is 4.79 Å². The summed E-state index contributed by atoms with van der Waals surface area (Å²) >= 11 is 1.75. The third kappa shape index (κ3) is 1.06. The number of hydrogen-bond acceptors (Lipinski definition) is 2. The van der Waals surface area contributed by atoms with Crippen molar-refractivity contribution in [2.24, 2.45) is 17.8 Å². The second-order valence-corrected chi connectivity index (χ2v) is 4.91. The normalized spacial score (nSPS) is 45.1. The lowest BCUT2D eigenvalue weighted by Gasteiger charge is -2.26. The number of carboxylic acids is 1. The van der Waals surface area contributed by atoms with Gasteiger partial charge in [0.1, 0.15) is 0 Å². The minimum Gasteiger partial charge on any atom is -0.481 e. The highest BCUT2D eigenvalue weighted by Crippen LogP contribution is 2.52. The van der Waals surface area contributed by atoms with Crippen LogP contribution < -0.4 is 0 Å².